The predicted molar refractivity (Wildman–Crippen MR) is 62.5 cm³/mol. The predicted octanol–water partition coefficient (Wildman–Crippen LogP) is 2.27. The Kier molecular flexibility index (Phi) is 3.22. The zero-order valence-corrected chi connectivity index (χ0v) is 10.2. The summed E-state index contributed by atoms with van der Waals surface area (Å²) in [5, 5.41) is 0. The number of hydrogen-bond acceptors (Lipinski definition) is 4. The lowest BCUT2D eigenvalue weighted by Crippen LogP contribution is -2.11. The molecule has 0 amide bonds. The van der Waals surface area contributed by atoms with E-state index in [1.165, 1.54) is 0 Å². The first-order chi connectivity index (χ1) is 8.15. The highest BCUT2D eigenvalue weighted by Gasteiger charge is 2.40. The van der Waals surface area contributed by atoms with Crippen molar-refractivity contribution in [3.8, 4) is 17.2 Å². The second kappa shape index (κ2) is 4.65. The number of methoxy groups -OCH3 is 2. The van der Waals surface area contributed by atoms with Gasteiger partial charge < -0.3 is 14.2 Å². The van der Waals surface area contributed by atoms with Crippen LogP contribution < -0.4 is 14.2 Å². The summed E-state index contributed by atoms with van der Waals surface area (Å²) in [5.74, 6) is 2.01. The molecule has 0 saturated heterocycles. The fraction of sp³-hybridized carbons (Fsp3) is 0.462. The summed E-state index contributed by atoms with van der Waals surface area (Å²) in [5.41, 5.74) is 0. The zero-order chi connectivity index (χ0) is 12.4. The van der Waals surface area contributed by atoms with E-state index in [2.05, 4.69) is 0 Å². The van der Waals surface area contributed by atoms with Gasteiger partial charge in [0.15, 0.2) is 11.5 Å². The van der Waals surface area contributed by atoms with Crippen LogP contribution in [0.4, 0.5) is 0 Å². The van der Waals surface area contributed by atoms with E-state index in [9.17, 15) is 4.79 Å². The largest absolute Gasteiger partial charge is 0.493 e. The molecule has 1 aliphatic rings. The quantitative estimate of drug-likeness (QED) is 0.594. The van der Waals surface area contributed by atoms with Crippen molar-refractivity contribution >= 4 is 5.97 Å². The third-order valence-corrected chi connectivity index (χ3v) is 2.99. The molecule has 2 rings (SSSR count). The molecule has 0 radical (unpaired) electrons. The van der Waals surface area contributed by atoms with Crippen LogP contribution in [0.2, 0.25) is 0 Å². The average Bonchev–Trinajstić information content (AvgIpc) is 3.06. The van der Waals surface area contributed by atoms with Crippen molar-refractivity contribution in [2.24, 2.45) is 11.8 Å². The van der Waals surface area contributed by atoms with E-state index in [4.69, 9.17) is 14.2 Å². The van der Waals surface area contributed by atoms with Gasteiger partial charge in [-0.15, -0.1) is 0 Å². The Balaban J connectivity index is 2.08. The molecule has 2 atom stereocenters. The number of hydrogen-bond donors (Lipinski definition) is 0. The molecular formula is C13H16O4. The Bertz CT molecular complexity index is 427. The molecule has 92 valence electrons. The standard InChI is InChI=1S/C13H16O4/c1-8-6-10(8)13(14)17-9-4-5-11(15-2)12(7-9)16-3/h4-5,7-8,10H,6H2,1-3H3/t8-,10+/m1/s1. The van der Waals surface area contributed by atoms with Crippen LogP contribution in [0.3, 0.4) is 0 Å². The summed E-state index contributed by atoms with van der Waals surface area (Å²) >= 11 is 0. The van der Waals surface area contributed by atoms with E-state index < -0.39 is 0 Å². The Hall–Kier alpha value is -1.71. The van der Waals surface area contributed by atoms with Gasteiger partial charge in [-0.1, -0.05) is 6.92 Å². The van der Waals surface area contributed by atoms with Crippen molar-refractivity contribution in [1.29, 1.82) is 0 Å². The van der Waals surface area contributed by atoms with E-state index in [1.807, 2.05) is 6.92 Å². The first kappa shape index (κ1) is 11.8. The van der Waals surface area contributed by atoms with E-state index in [-0.39, 0.29) is 11.9 Å². The molecule has 1 fully saturated rings. The van der Waals surface area contributed by atoms with Crippen LogP contribution in [0.5, 0.6) is 17.2 Å². The van der Waals surface area contributed by atoms with Crippen molar-refractivity contribution in [2.45, 2.75) is 13.3 Å². The molecule has 1 saturated carbocycles. The molecule has 1 aliphatic carbocycles. The van der Waals surface area contributed by atoms with Gasteiger partial charge in [0.05, 0.1) is 20.1 Å². The summed E-state index contributed by atoms with van der Waals surface area (Å²) in [6, 6.07) is 5.08. The SMILES string of the molecule is COc1ccc(OC(=O)[C@H]2C[C@H]2C)cc1OC. The number of carbonyl (C=O) groups is 1. The summed E-state index contributed by atoms with van der Waals surface area (Å²) in [6.07, 6.45) is 0.923. The maximum absolute atomic E-state index is 11.6. The van der Waals surface area contributed by atoms with Gasteiger partial charge in [0.25, 0.3) is 0 Å². The van der Waals surface area contributed by atoms with E-state index in [0.29, 0.717) is 23.2 Å². The molecule has 17 heavy (non-hydrogen) atoms. The fourth-order valence-electron chi connectivity index (χ4n) is 1.72. The monoisotopic (exact) mass is 236 g/mol. The van der Waals surface area contributed by atoms with Crippen LogP contribution in [-0.4, -0.2) is 20.2 Å². The zero-order valence-electron chi connectivity index (χ0n) is 10.2. The molecule has 0 unspecified atom stereocenters. The number of esters is 1. The summed E-state index contributed by atoms with van der Waals surface area (Å²) in [6.45, 7) is 2.04. The van der Waals surface area contributed by atoms with Gasteiger partial charge in [0, 0.05) is 6.07 Å². The van der Waals surface area contributed by atoms with Crippen LogP contribution in [0.1, 0.15) is 13.3 Å². The maximum atomic E-state index is 11.6. The Morgan fingerprint density at radius 3 is 2.41 bits per heavy atom. The van der Waals surface area contributed by atoms with Gasteiger partial charge in [0.2, 0.25) is 0 Å². The fourth-order valence-corrected chi connectivity index (χ4v) is 1.72. The highest BCUT2D eigenvalue weighted by Crippen LogP contribution is 2.39. The molecule has 4 heteroatoms. The lowest BCUT2D eigenvalue weighted by atomic mass is 10.3. The molecular weight excluding hydrogens is 220 g/mol. The second-order valence-electron chi connectivity index (χ2n) is 4.26. The van der Waals surface area contributed by atoms with Gasteiger partial charge in [-0.3, -0.25) is 4.79 Å². The van der Waals surface area contributed by atoms with Crippen LogP contribution in [0, 0.1) is 11.8 Å². The summed E-state index contributed by atoms with van der Waals surface area (Å²) in [7, 11) is 3.11. The minimum Gasteiger partial charge on any atom is -0.493 e. The minimum absolute atomic E-state index is 0.0584. The van der Waals surface area contributed by atoms with Gasteiger partial charge >= 0.3 is 5.97 Å². The minimum atomic E-state index is -0.162. The Morgan fingerprint density at radius 2 is 1.88 bits per heavy atom. The van der Waals surface area contributed by atoms with Crippen molar-refractivity contribution < 1.29 is 19.0 Å². The molecule has 0 spiro atoms. The van der Waals surface area contributed by atoms with Crippen LogP contribution >= 0.6 is 0 Å². The van der Waals surface area contributed by atoms with Crippen molar-refractivity contribution in [3.05, 3.63) is 18.2 Å². The molecule has 0 aliphatic heterocycles. The lowest BCUT2D eigenvalue weighted by Gasteiger charge is -2.09. The van der Waals surface area contributed by atoms with Crippen molar-refractivity contribution in [2.75, 3.05) is 14.2 Å². The maximum Gasteiger partial charge on any atom is 0.314 e. The number of rotatable bonds is 4. The topological polar surface area (TPSA) is 44.8 Å². The number of carbonyl (C=O) groups excluding carboxylic acids is 1. The third-order valence-electron chi connectivity index (χ3n) is 2.99. The van der Waals surface area contributed by atoms with Gasteiger partial charge in [-0.05, 0) is 24.5 Å². The molecule has 0 aromatic heterocycles. The highest BCUT2D eigenvalue weighted by atomic mass is 16.5. The molecule has 0 bridgehead atoms. The van der Waals surface area contributed by atoms with Crippen molar-refractivity contribution in [1.82, 2.24) is 0 Å². The molecule has 0 N–H and O–H groups in total. The van der Waals surface area contributed by atoms with Gasteiger partial charge in [0.1, 0.15) is 5.75 Å². The number of benzene rings is 1. The van der Waals surface area contributed by atoms with E-state index >= 15 is 0 Å². The van der Waals surface area contributed by atoms with E-state index in [1.54, 1.807) is 32.4 Å². The molecule has 1 aromatic carbocycles. The van der Waals surface area contributed by atoms with Crippen LogP contribution in [0.15, 0.2) is 18.2 Å². The molecule has 0 heterocycles. The van der Waals surface area contributed by atoms with Crippen LogP contribution in [-0.2, 0) is 4.79 Å². The Morgan fingerprint density at radius 1 is 1.24 bits per heavy atom. The van der Waals surface area contributed by atoms with Crippen molar-refractivity contribution in [3.63, 3.8) is 0 Å². The smallest absolute Gasteiger partial charge is 0.314 e. The average molecular weight is 236 g/mol. The first-order valence-corrected chi connectivity index (χ1v) is 5.59. The first-order valence-electron chi connectivity index (χ1n) is 5.59. The third kappa shape index (κ3) is 2.52. The Labute approximate surface area is 100 Å². The highest BCUT2D eigenvalue weighted by molar-refractivity contribution is 5.78. The van der Waals surface area contributed by atoms with Crippen LogP contribution in [0.25, 0.3) is 0 Å². The number of ether oxygens (including phenoxy) is 3. The normalized spacial score (nSPS) is 21.8. The summed E-state index contributed by atoms with van der Waals surface area (Å²) < 4.78 is 15.5. The molecule has 1 aromatic rings. The van der Waals surface area contributed by atoms with Gasteiger partial charge in [-0.25, -0.2) is 0 Å². The van der Waals surface area contributed by atoms with Gasteiger partial charge in [-0.2, -0.15) is 0 Å². The van der Waals surface area contributed by atoms with E-state index in [0.717, 1.165) is 6.42 Å². The summed E-state index contributed by atoms with van der Waals surface area (Å²) in [4.78, 5) is 11.6. The second-order valence-corrected chi connectivity index (χ2v) is 4.26. The lowest BCUT2D eigenvalue weighted by molar-refractivity contribution is -0.136. The molecule has 4 nitrogen and oxygen atoms in total.